The van der Waals surface area contributed by atoms with E-state index < -0.39 is 0 Å². The van der Waals surface area contributed by atoms with E-state index in [0.717, 1.165) is 25.0 Å². The Kier molecular flexibility index (Phi) is 3.41. The fourth-order valence-corrected chi connectivity index (χ4v) is 2.38. The van der Waals surface area contributed by atoms with Crippen LogP contribution in [0.25, 0.3) is 0 Å². The molecule has 0 spiro atoms. The van der Waals surface area contributed by atoms with E-state index >= 15 is 0 Å². The Balaban J connectivity index is 1.77. The van der Waals surface area contributed by atoms with Crippen molar-refractivity contribution >= 4 is 5.95 Å². The van der Waals surface area contributed by atoms with E-state index in [1.54, 1.807) is 23.1 Å². The Morgan fingerprint density at radius 2 is 2.21 bits per heavy atom. The first-order valence-electron chi connectivity index (χ1n) is 6.46. The van der Waals surface area contributed by atoms with Crippen LogP contribution in [0.5, 0.6) is 0 Å². The van der Waals surface area contributed by atoms with Crippen molar-refractivity contribution in [2.75, 3.05) is 11.9 Å². The average Bonchev–Trinajstić information content (AvgIpc) is 2.87. The standard InChI is InChI=1S/C13H17N5O/c1-18-9-10(8-16-18)12-11(4-2-7-19-12)17-13-14-5-3-6-15-13/h3,5-6,8-9,11-12H,2,4,7H2,1H3,(H,14,15,17)/t11-,12+/m0/s1. The first kappa shape index (κ1) is 12.1. The Labute approximate surface area is 111 Å². The van der Waals surface area contributed by atoms with Gasteiger partial charge in [0.1, 0.15) is 6.10 Å². The number of rotatable bonds is 3. The van der Waals surface area contributed by atoms with Crippen LogP contribution in [0, 0.1) is 0 Å². The molecule has 0 saturated carbocycles. The number of aromatic nitrogens is 4. The highest BCUT2D eigenvalue weighted by molar-refractivity contribution is 5.27. The molecule has 2 aromatic rings. The molecule has 19 heavy (non-hydrogen) atoms. The SMILES string of the molecule is Cn1cc([C@H]2OCCC[C@@H]2Nc2ncccn2)cn1. The number of hydrogen-bond acceptors (Lipinski definition) is 5. The predicted octanol–water partition coefficient (Wildman–Crippen LogP) is 1.54. The van der Waals surface area contributed by atoms with Crippen molar-refractivity contribution in [1.29, 1.82) is 0 Å². The highest BCUT2D eigenvalue weighted by atomic mass is 16.5. The molecule has 0 aliphatic carbocycles. The van der Waals surface area contributed by atoms with Crippen LogP contribution in [0.3, 0.4) is 0 Å². The monoisotopic (exact) mass is 259 g/mol. The fourth-order valence-electron chi connectivity index (χ4n) is 2.38. The van der Waals surface area contributed by atoms with Gasteiger partial charge in [0.05, 0.1) is 12.2 Å². The van der Waals surface area contributed by atoms with Crippen LogP contribution < -0.4 is 5.32 Å². The van der Waals surface area contributed by atoms with Crippen LogP contribution in [-0.2, 0) is 11.8 Å². The van der Waals surface area contributed by atoms with Gasteiger partial charge in [0.2, 0.25) is 5.95 Å². The molecule has 3 heterocycles. The van der Waals surface area contributed by atoms with Crippen LogP contribution in [0.1, 0.15) is 24.5 Å². The lowest BCUT2D eigenvalue weighted by atomic mass is 9.98. The highest BCUT2D eigenvalue weighted by Crippen LogP contribution is 2.29. The van der Waals surface area contributed by atoms with Crippen molar-refractivity contribution in [1.82, 2.24) is 19.7 Å². The third kappa shape index (κ3) is 2.73. The molecule has 6 heteroatoms. The third-order valence-electron chi connectivity index (χ3n) is 3.26. The summed E-state index contributed by atoms with van der Waals surface area (Å²) in [6.45, 7) is 0.785. The van der Waals surface area contributed by atoms with Crippen LogP contribution in [-0.4, -0.2) is 32.4 Å². The zero-order valence-electron chi connectivity index (χ0n) is 10.9. The second kappa shape index (κ2) is 5.36. The van der Waals surface area contributed by atoms with Crippen molar-refractivity contribution in [3.8, 4) is 0 Å². The van der Waals surface area contributed by atoms with Crippen molar-refractivity contribution in [2.45, 2.75) is 25.0 Å². The van der Waals surface area contributed by atoms with E-state index in [-0.39, 0.29) is 12.1 Å². The van der Waals surface area contributed by atoms with Gasteiger partial charge in [-0.1, -0.05) is 0 Å². The van der Waals surface area contributed by atoms with E-state index in [2.05, 4.69) is 20.4 Å². The number of ether oxygens (including phenoxy) is 1. The summed E-state index contributed by atoms with van der Waals surface area (Å²) in [5.41, 5.74) is 1.09. The minimum Gasteiger partial charge on any atom is -0.371 e. The van der Waals surface area contributed by atoms with E-state index in [1.807, 2.05) is 19.4 Å². The molecular weight excluding hydrogens is 242 g/mol. The van der Waals surface area contributed by atoms with E-state index in [9.17, 15) is 0 Å². The maximum atomic E-state index is 5.89. The van der Waals surface area contributed by atoms with Gasteiger partial charge in [0.15, 0.2) is 0 Å². The smallest absolute Gasteiger partial charge is 0.222 e. The maximum Gasteiger partial charge on any atom is 0.222 e. The molecule has 0 amide bonds. The van der Waals surface area contributed by atoms with Gasteiger partial charge in [0.25, 0.3) is 0 Å². The molecule has 2 aromatic heterocycles. The minimum absolute atomic E-state index is 0.00579. The summed E-state index contributed by atoms with van der Waals surface area (Å²) in [4.78, 5) is 8.42. The summed E-state index contributed by atoms with van der Waals surface area (Å²) in [6, 6.07) is 1.99. The van der Waals surface area contributed by atoms with Crippen molar-refractivity contribution in [2.24, 2.45) is 7.05 Å². The molecule has 1 aliphatic rings. The van der Waals surface area contributed by atoms with Crippen LogP contribution in [0.15, 0.2) is 30.9 Å². The molecule has 0 radical (unpaired) electrons. The molecule has 1 N–H and O–H groups in total. The van der Waals surface area contributed by atoms with Gasteiger partial charge in [-0.05, 0) is 18.9 Å². The quantitative estimate of drug-likeness (QED) is 0.905. The first-order valence-corrected chi connectivity index (χ1v) is 6.46. The zero-order chi connectivity index (χ0) is 13.1. The second-order valence-electron chi connectivity index (χ2n) is 4.70. The van der Waals surface area contributed by atoms with E-state index in [0.29, 0.717) is 5.95 Å². The number of aryl methyl sites for hydroxylation is 1. The lowest BCUT2D eigenvalue weighted by molar-refractivity contribution is 0.00542. The first-order chi connectivity index (χ1) is 9.33. The molecule has 100 valence electrons. The number of nitrogens with zero attached hydrogens (tertiary/aromatic N) is 4. The van der Waals surface area contributed by atoms with Gasteiger partial charge in [0, 0.05) is 37.8 Å². The molecule has 0 bridgehead atoms. The molecule has 1 fully saturated rings. The summed E-state index contributed by atoms with van der Waals surface area (Å²) >= 11 is 0. The molecule has 1 saturated heterocycles. The summed E-state index contributed by atoms with van der Waals surface area (Å²) < 4.78 is 7.69. The number of hydrogen-bond donors (Lipinski definition) is 1. The van der Waals surface area contributed by atoms with Crippen LogP contribution >= 0.6 is 0 Å². The highest BCUT2D eigenvalue weighted by Gasteiger charge is 2.28. The molecule has 0 aromatic carbocycles. The summed E-state index contributed by atoms with van der Waals surface area (Å²) in [7, 11) is 1.91. The number of nitrogens with one attached hydrogen (secondary N) is 1. The summed E-state index contributed by atoms with van der Waals surface area (Å²) in [5, 5.41) is 7.57. The van der Waals surface area contributed by atoms with E-state index in [4.69, 9.17) is 4.74 Å². The zero-order valence-corrected chi connectivity index (χ0v) is 10.9. The lowest BCUT2D eigenvalue weighted by Crippen LogP contribution is -2.34. The molecule has 0 unspecified atom stereocenters. The Hall–Kier alpha value is -1.95. The maximum absolute atomic E-state index is 5.89. The Morgan fingerprint density at radius 1 is 1.37 bits per heavy atom. The van der Waals surface area contributed by atoms with Crippen LogP contribution in [0.4, 0.5) is 5.95 Å². The largest absolute Gasteiger partial charge is 0.371 e. The molecule has 1 aliphatic heterocycles. The lowest BCUT2D eigenvalue weighted by Gasteiger charge is -2.31. The van der Waals surface area contributed by atoms with Crippen molar-refractivity contribution in [3.05, 3.63) is 36.4 Å². The van der Waals surface area contributed by atoms with Crippen molar-refractivity contribution < 1.29 is 4.74 Å². The normalized spacial score (nSPS) is 23.2. The molecule has 3 rings (SSSR count). The van der Waals surface area contributed by atoms with E-state index in [1.165, 1.54) is 0 Å². The van der Waals surface area contributed by atoms with Gasteiger partial charge in [-0.15, -0.1) is 0 Å². The number of anilines is 1. The van der Waals surface area contributed by atoms with Gasteiger partial charge < -0.3 is 10.1 Å². The van der Waals surface area contributed by atoms with Crippen LogP contribution in [0.2, 0.25) is 0 Å². The summed E-state index contributed by atoms with van der Waals surface area (Å²) in [5.74, 6) is 0.645. The Morgan fingerprint density at radius 3 is 2.95 bits per heavy atom. The minimum atomic E-state index is 0.00579. The Bertz CT molecular complexity index is 527. The molecular formula is C13H17N5O. The topological polar surface area (TPSA) is 64.9 Å². The second-order valence-corrected chi connectivity index (χ2v) is 4.70. The summed E-state index contributed by atoms with van der Waals surface area (Å²) in [6.07, 6.45) is 9.41. The van der Waals surface area contributed by atoms with Gasteiger partial charge >= 0.3 is 0 Å². The van der Waals surface area contributed by atoms with Gasteiger partial charge in [-0.3, -0.25) is 4.68 Å². The third-order valence-corrected chi connectivity index (χ3v) is 3.26. The van der Waals surface area contributed by atoms with Crippen molar-refractivity contribution in [3.63, 3.8) is 0 Å². The molecule has 6 nitrogen and oxygen atoms in total. The predicted molar refractivity (Wildman–Crippen MR) is 70.6 cm³/mol. The van der Waals surface area contributed by atoms with Gasteiger partial charge in [-0.2, -0.15) is 5.10 Å². The molecule has 2 atom stereocenters. The van der Waals surface area contributed by atoms with Gasteiger partial charge in [-0.25, -0.2) is 9.97 Å². The average molecular weight is 259 g/mol. The fraction of sp³-hybridized carbons (Fsp3) is 0.462.